The molecule has 0 radical (unpaired) electrons. The van der Waals surface area contributed by atoms with E-state index in [1.165, 1.54) is 0 Å². The lowest BCUT2D eigenvalue weighted by atomic mass is 9.85. The number of aliphatic hydroxyl groups is 1. The first-order chi connectivity index (χ1) is 11.0. The van der Waals surface area contributed by atoms with Gasteiger partial charge in [-0.05, 0) is 29.7 Å². The maximum atomic E-state index is 12.4. The first kappa shape index (κ1) is 19.8. The second-order valence-electron chi connectivity index (χ2n) is 7.05. The maximum Gasteiger partial charge on any atom is 0.405 e. The molecule has 24 heavy (non-hydrogen) atoms. The summed E-state index contributed by atoms with van der Waals surface area (Å²) >= 11 is 0. The fourth-order valence-corrected chi connectivity index (χ4v) is 2.03. The van der Waals surface area contributed by atoms with Crippen molar-refractivity contribution < 1.29 is 19.8 Å². The van der Waals surface area contributed by atoms with Crippen LogP contribution in [0, 0.1) is 5.41 Å². The molecule has 7 nitrogen and oxygen atoms in total. The van der Waals surface area contributed by atoms with E-state index in [2.05, 4.69) is 10.6 Å². The van der Waals surface area contributed by atoms with Gasteiger partial charge in [-0.3, -0.25) is 4.79 Å². The van der Waals surface area contributed by atoms with Crippen LogP contribution in [0.4, 0.5) is 16.2 Å². The van der Waals surface area contributed by atoms with Gasteiger partial charge >= 0.3 is 6.09 Å². The van der Waals surface area contributed by atoms with Gasteiger partial charge in [0, 0.05) is 31.9 Å². The highest BCUT2D eigenvalue weighted by Crippen LogP contribution is 2.23. The summed E-state index contributed by atoms with van der Waals surface area (Å²) in [5.74, 6) is -0.502. The van der Waals surface area contributed by atoms with Crippen LogP contribution >= 0.6 is 0 Å². The number of carboxylic acid groups (broad SMARTS) is 1. The van der Waals surface area contributed by atoms with E-state index in [1.807, 2.05) is 51.9 Å². The van der Waals surface area contributed by atoms with E-state index in [1.54, 1.807) is 12.1 Å². The zero-order chi connectivity index (χ0) is 18.5. The molecular formula is C17H27N3O4. The number of aliphatic hydroxyl groups excluding tert-OH is 1. The smallest absolute Gasteiger partial charge is 0.405 e. The molecule has 1 aromatic rings. The zero-order valence-electron chi connectivity index (χ0n) is 14.8. The molecule has 1 unspecified atom stereocenters. The largest absolute Gasteiger partial charge is 0.465 e. The van der Waals surface area contributed by atoms with Crippen LogP contribution in [0.3, 0.4) is 0 Å². The van der Waals surface area contributed by atoms with Gasteiger partial charge in [-0.2, -0.15) is 0 Å². The minimum Gasteiger partial charge on any atom is -0.465 e. The van der Waals surface area contributed by atoms with Crippen molar-refractivity contribution >= 4 is 23.4 Å². The Kier molecular flexibility index (Phi) is 6.60. The Morgan fingerprint density at radius 1 is 1.17 bits per heavy atom. The third-order valence-electron chi connectivity index (χ3n) is 3.72. The molecule has 1 rings (SSSR count). The van der Waals surface area contributed by atoms with Gasteiger partial charge in [-0.25, -0.2) is 4.79 Å². The molecule has 2 atom stereocenters. The molecule has 0 bridgehead atoms. The lowest BCUT2D eigenvalue weighted by Gasteiger charge is -2.29. The molecule has 0 aliphatic rings. The Balaban J connectivity index is 2.82. The predicted octanol–water partition coefficient (Wildman–Crippen LogP) is 2.12. The number of benzene rings is 1. The molecule has 7 heteroatoms. The topological polar surface area (TPSA) is 102 Å². The van der Waals surface area contributed by atoms with Crippen LogP contribution < -0.4 is 15.5 Å². The Bertz CT molecular complexity index is 564. The summed E-state index contributed by atoms with van der Waals surface area (Å²) in [4.78, 5) is 25.2. The fourth-order valence-electron chi connectivity index (χ4n) is 2.03. The molecule has 1 aromatic carbocycles. The van der Waals surface area contributed by atoms with E-state index in [-0.39, 0.29) is 6.42 Å². The van der Waals surface area contributed by atoms with Gasteiger partial charge in [0.25, 0.3) is 0 Å². The highest BCUT2D eigenvalue weighted by atomic mass is 16.4. The summed E-state index contributed by atoms with van der Waals surface area (Å²) in [5, 5.41) is 23.9. The molecule has 134 valence electrons. The third-order valence-corrected chi connectivity index (χ3v) is 3.72. The Morgan fingerprint density at radius 3 is 2.12 bits per heavy atom. The van der Waals surface area contributed by atoms with Gasteiger partial charge in [-0.1, -0.05) is 20.8 Å². The quantitative estimate of drug-likeness (QED) is 0.637. The van der Waals surface area contributed by atoms with Crippen LogP contribution in [-0.2, 0) is 4.79 Å². The molecule has 2 amide bonds. The number of nitrogens with zero attached hydrogens (tertiary/aromatic N) is 1. The minimum atomic E-state index is -1.31. The number of anilines is 2. The van der Waals surface area contributed by atoms with E-state index in [4.69, 9.17) is 5.11 Å². The summed E-state index contributed by atoms with van der Waals surface area (Å²) in [6.45, 7) is 5.48. The first-order valence-electron chi connectivity index (χ1n) is 7.76. The zero-order valence-corrected chi connectivity index (χ0v) is 14.8. The van der Waals surface area contributed by atoms with Crippen molar-refractivity contribution in [3.63, 3.8) is 0 Å². The average Bonchev–Trinajstić information content (AvgIpc) is 2.45. The summed E-state index contributed by atoms with van der Waals surface area (Å²) < 4.78 is 0. The molecule has 0 saturated heterocycles. The van der Waals surface area contributed by atoms with Gasteiger partial charge in [-0.15, -0.1) is 0 Å². The molecule has 0 aliphatic carbocycles. The summed E-state index contributed by atoms with van der Waals surface area (Å²) in [7, 11) is 3.82. The fraction of sp³-hybridized carbons (Fsp3) is 0.529. The van der Waals surface area contributed by atoms with Gasteiger partial charge in [0.05, 0.1) is 6.10 Å². The van der Waals surface area contributed by atoms with Crippen molar-refractivity contribution in [2.45, 2.75) is 39.3 Å². The van der Waals surface area contributed by atoms with Gasteiger partial charge in [0.2, 0.25) is 5.91 Å². The Morgan fingerprint density at radius 2 is 1.71 bits per heavy atom. The lowest BCUT2D eigenvalue weighted by Crippen LogP contribution is -2.47. The monoisotopic (exact) mass is 337 g/mol. The summed E-state index contributed by atoms with van der Waals surface area (Å²) in [6, 6.07) is 6.14. The molecule has 0 spiro atoms. The van der Waals surface area contributed by atoms with Crippen molar-refractivity contribution in [3.8, 4) is 0 Å². The van der Waals surface area contributed by atoms with Crippen LogP contribution in [0.15, 0.2) is 24.3 Å². The molecule has 0 aromatic heterocycles. The number of hydrogen-bond acceptors (Lipinski definition) is 4. The minimum absolute atomic E-state index is 0.00256. The molecule has 0 fully saturated rings. The second-order valence-corrected chi connectivity index (χ2v) is 7.05. The van der Waals surface area contributed by atoms with E-state index in [0.717, 1.165) is 5.69 Å². The van der Waals surface area contributed by atoms with Crippen LogP contribution in [0.2, 0.25) is 0 Å². The van der Waals surface area contributed by atoms with Crippen LogP contribution in [-0.4, -0.2) is 48.5 Å². The van der Waals surface area contributed by atoms with Crippen LogP contribution in [0.1, 0.15) is 27.2 Å². The lowest BCUT2D eigenvalue weighted by molar-refractivity contribution is -0.119. The van der Waals surface area contributed by atoms with Crippen molar-refractivity contribution in [1.29, 1.82) is 0 Å². The highest BCUT2D eigenvalue weighted by molar-refractivity contribution is 5.96. The van der Waals surface area contributed by atoms with Crippen LogP contribution in [0.5, 0.6) is 0 Å². The van der Waals surface area contributed by atoms with Crippen molar-refractivity contribution in [2.24, 2.45) is 5.41 Å². The highest BCUT2D eigenvalue weighted by Gasteiger charge is 2.30. The Labute approximate surface area is 142 Å². The van der Waals surface area contributed by atoms with Crippen LogP contribution in [0.25, 0.3) is 0 Å². The van der Waals surface area contributed by atoms with E-state index in [9.17, 15) is 14.7 Å². The molecule has 0 aliphatic heterocycles. The standard InChI is InChI=1S/C17H27N3O4/c1-17(2,3)14(21)10-13(19-16(23)24)15(22)18-11-6-8-12(9-7-11)20(4)5/h6-9,13-14,19,21H,10H2,1-5H3,(H,18,22)(H,23,24)/t13-,14?/m0/s1. The number of carbonyl (C=O) groups is 2. The second kappa shape index (κ2) is 8.01. The number of rotatable bonds is 6. The number of carbonyl (C=O) groups excluding carboxylic acids is 1. The average molecular weight is 337 g/mol. The molecular weight excluding hydrogens is 310 g/mol. The van der Waals surface area contributed by atoms with E-state index < -0.39 is 29.6 Å². The molecule has 0 heterocycles. The molecule has 0 saturated carbocycles. The maximum absolute atomic E-state index is 12.4. The Hall–Kier alpha value is -2.28. The third kappa shape index (κ3) is 6.08. The van der Waals surface area contributed by atoms with Crippen molar-refractivity contribution in [1.82, 2.24) is 5.32 Å². The van der Waals surface area contributed by atoms with E-state index in [0.29, 0.717) is 5.69 Å². The van der Waals surface area contributed by atoms with Gasteiger partial charge in [0.15, 0.2) is 0 Å². The number of hydrogen-bond donors (Lipinski definition) is 4. The normalized spacial score (nSPS) is 13.8. The van der Waals surface area contributed by atoms with E-state index >= 15 is 0 Å². The van der Waals surface area contributed by atoms with Crippen molar-refractivity contribution in [2.75, 3.05) is 24.3 Å². The number of nitrogens with one attached hydrogen (secondary N) is 2. The predicted molar refractivity (Wildman–Crippen MR) is 94.4 cm³/mol. The van der Waals surface area contributed by atoms with Gasteiger partial charge in [0.1, 0.15) is 6.04 Å². The summed E-state index contributed by atoms with van der Waals surface area (Å²) in [6.07, 6.45) is -2.13. The van der Waals surface area contributed by atoms with Crippen molar-refractivity contribution in [3.05, 3.63) is 24.3 Å². The summed E-state index contributed by atoms with van der Waals surface area (Å²) in [5.41, 5.74) is 1.09. The first-order valence-corrected chi connectivity index (χ1v) is 7.76. The number of amides is 2. The van der Waals surface area contributed by atoms with Gasteiger partial charge < -0.3 is 25.7 Å². The SMILES string of the molecule is CN(C)c1ccc(NC(=O)[C@H](CC(O)C(C)(C)C)NC(=O)O)cc1. The molecule has 4 N–H and O–H groups in total.